The number of hydrogen-bond acceptors (Lipinski definition) is 3. The Bertz CT molecular complexity index is 362. The lowest BCUT2D eigenvalue weighted by molar-refractivity contribution is -0.0399. The molecule has 0 aliphatic carbocycles. The predicted octanol–water partition coefficient (Wildman–Crippen LogP) is 4.27. The minimum Gasteiger partial charge on any atom is -0.450 e. The topological polar surface area (TPSA) is 34.4 Å². The molecule has 1 aromatic rings. The minimum atomic E-state index is 0.0747. The van der Waals surface area contributed by atoms with Crippen LogP contribution in [0.2, 0.25) is 0 Å². The summed E-state index contributed by atoms with van der Waals surface area (Å²) in [4.78, 5) is 0. The van der Waals surface area contributed by atoms with E-state index in [1.165, 1.54) is 6.42 Å². The van der Waals surface area contributed by atoms with E-state index in [0.29, 0.717) is 5.92 Å². The predicted molar refractivity (Wildman–Crippen MR) is 78.7 cm³/mol. The van der Waals surface area contributed by atoms with E-state index in [4.69, 9.17) is 9.15 Å². The molecule has 2 rings (SSSR count). The van der Waals surface area contributed by atoms with Crippen LogP contribution in [0.3, 0.4) is 0 Å². The summed E-state index contributed by atoms with van der Waals surface area (Å²) in [5.41, 5.74) is 0. The van der Waals surface area contributed by atoms with E-state index in [1.54, 1.807) is 0 Å². The van der Waals surface area contributed by atoms with Gasteiger partial charge in [-0.1, -0.05) is 6.92 Å². The normalized spacial score (nSPS) is 24.4. The second kappa shape index (κ2) is 7.08. The Morgan fingerprint density at radius 2 is 2.28 bits per heavy atom. The van der Waals surface area contributed by atoms with Crippen molar-refractivity contribution in [3.8, 4) is 0 Å². The summed E-state index contributed by atoms with van der Waals surface area (Å²) >= 11 is 6.84. The highest BCUT2D eigenvalue weighted by Crippen LogP contribution is 2.38. The van der Waals surface area contributed by atoms with Crippen LogP contribution in [0.15, 0.2) is 19.6 Å². The maximum Gasteiger partial charge on any atom is 0.183 e. The van der Waals surface area contributed by atoms with Crippen LogP contribution >= 0.6 is 31.9 Å². The van der Waals surface area contributed by atoms with Crippen LogP contribution in [0.5, 0.6) is 0 Å². The number of halogens is 2. The van der Waals surface area contributed by atoms with Gasteiger partial charge in [-0.3, -0.25) is 0 Å². The van der Waals surface area contributed by atoms with Crippen LogP contribution in [0.4, 0.5) is 0 Å². The lowest BCUT2D eigenvalue weighted by Gasteiger charge is -2.30. The Balaban J connectivity index is 2.02. The van der Waals surface area contributed by atoms with Crippen molar-refractivity contribution in [3.63, 3.8) is 0 Å². The number of rotatable bonds is 5. The molecule has 1 aliphatic rings. The first-order chi connectivity index (χ1) is 8.72. The van der Waals surface area contributed by atoms with Gasteiger partial charge in [-0.2, -0.15) is 0 Å². The maximum atomic E-state index is 5.90. The summed E-state index contributed by atoms with van der Waals surface area (Å²) in [6.07, 6.45) is 3.57. The molecule has 0 saturated carbocycles. The molecule has 1 saturated heterocycles. The van der Waals surface area contributed by atoms with Crippen LogP contribution in [0.1, 0.15) is 38.1 Å². The monoisotopic (exact) mass is 379 g/mol. The largest absolute Gasteiger partial charge is 0.450 e. The standard InChI is InChI=1S/C13H19Br2NO2/c1-2-5-16-8-9-4-3-6-17-12(9)11-7-10(14)13(15)18-11/h7,9,12,16H,2-6,8H2,1H3. The quantitative estimate of drug-likeness (QED) is 0.774. The molecule has 0 amide bonds. The molecule has 2 atom stereocenters. The first-order valence-electron chi connectivity index (χ1n) is 6.49. The molecule has 0 bridgehead atoms. The van der Waals surface area contributed by atoms with Crippen molar-refractivity contribution < 1.29 is 9.15 Å². The van der Waals surface area contributed by atoms with Crippen LogP contribution in [-0.2, 0) is 4.74 Å². The summed E-state index contributed by atoms with van der Waals surface area (Å²) in [7, 11) is 0. The summed E-state index contributed by atoms with van der Waals surface area (Å²) < 4.78 is 13.3. The molecule has 0 radical (unpaired) electrons. The minimum absolute atomic E-state index is 0.0747. The molecule has 18 heavy (non-hydrogen) atoms. The van der Waals surface area contributed by atoms with Gasteiger partial charge in [0, 0.05) is 19.1 Å². The lowest BCUT2D eigenvalue weighted by atomic mass is 9.92. The summed E-state index contributed by atoms with van der Waals surface area (Å²) in [5.74, 6) is 1.41. The number of hydrogen-bond donors (Lipinski definition) is 1. The summed E-state index contributed by atoms with van der Waals surface area (Å²) in [6, 6.07) is 2.01. The zero-order valence-electron chi connectivity index (χ0n) is 10.5. The van der Waals surface area contributed by atoms with Gasteiger partial charge in [-0.15, -0.1) is 0 Å². The van der Waals surface area contributed by atoms with Crippen molar-refractivity contribution >= 4 is 31.9 Å². The Morgan fingerprint density at radius 1 is 1.44 bits per heavy atom. The van der Waals surface area contributed by atoms with Gasteiger partial charge in [0.25, 0.3) is 0 Å². The molecule has 2 heterocycles. The van der Waals surface area contributed by atoms with Gasteiger partial charge in [0.1, 0.15) is 11.9 Å². The van der Waals surface area contributed by atoms with Gasteiger partial charge in [0.05, 0.1) is 4.47 Å². The van der Waals surface area contributed by atoms with Crippen molar-refractivity contribution in [1.29, 1.82) is 0 Å². The second-order valence-electron chi connectivity index (χ2n) is 4.67. The number of nitrogens with one attached hydrogen (secondary N) is 1. The smallest absolute Gasteiger partial charge is 0.183 e. The van der Waals surface area contributed by atoms with Crippen molar-refractivity contribution in [3.05, 3.63) is 21.0 Å². The third kappa shape index (κ3) is 3.59. The van der Waals surface area contributed by atoms with Gasteiger partial charge in [0.15, 0.2) is 4.67 Å². The molecule has 3 nitrogen and oxygen atoms in total. The molecule has 5 heteroatoms. The average molecular weight is 381 g/mol. The van der Waals surface area contributed by atoms with Crippen molar-refractivity contribution in [2.24, 2.45) is 5.92 Å². The third-order valence-electron chi connectivity index (χ3n) is 3.22. The van der Waals surface area contributed by atoms with E-state index >= 15 is 0 Å². The first-order valence-corrected chi connectivity index (χ1v) is 8.08. The summed E-state index contributed by atoms with van der Waals surface area (Å²) in [6.45, 7) is 5.07. The van der Waals surface area contributed by atoms with E-state index in [2.05, 4.69) is 44.1 Å². The highest BCUT2D eigenvalue weighted by Gasteiger charge is 2.30. The van der Waals surface area contributed by atoms with Crippen LogP contribution < -0.4 is 5.32 Å². The fraction of sp³-hybridized carbons (Fsp3) is 0.692. The van der Waals surface area contributed by atoms with Gasteiger partial charge in [-0.25, -0.2) is 0 Å². The van der Waals surface area contributed by atoms with Crippen LogP contribution in [0, 0.1) is 5.92 Å². The third-order valence-corrected chi connectivity index (χ3v) is 4.93. The highest BCUT2D eigenvalue weighted by atomic mass is 79.9. The summed E-state index contributed by atoms with van der Waals surface area (Å²) in [5, 5.41) is 3.48. The SMILES string of the molecule is CCCNCC1CCCOC1c1cc(Br)c(Br)o1. The van der Waals surface area contributed by atoms with E-state index in [0.717, 1.165) is 47.4 Å². The molecular weight excluding hydrogens is 362 g/mol. The fourth-order valence-corrected chi connectivity index (χ4v) is 2.94. The average Bonchev–Trinajstić information content (AvgIpc) is 2.70. The van der Waals surface area contributed by atoms with Gasteiger partial charge in [0.2, 0.25) is 0 Å². The van der Waals surface area contributed by atoms with E-state index < -0.39 is 0 Å². The molecule has 0 spiro atoms. The molecule has 1 fully saturated rings. The maximum absolute atomic E-state index is 5.90. The molecule has 102 valence electrons. The Labute approximate surface area is 125 Å². The molecule has 1 N–H and O–H groups in total. The lowest BCUT2D eigenvalue weighted by Crippen LogP contribution is -2.32. The van der Waals surface area contributed by atoms with Gasteiger partial charge >= 0.3 is 0 Å². The molecule has 1 aromatic heterocycles. The van der Waals surface area contributed by atoms with Crippen molar-refractivity contribution in [2.45, 2.75) is 32.3 Å². The first kappa shape index (κ1) is 14.6. The van der Waals surface area contributed by atoms with Crippen molar-refractivity contribution in [2.75, 3.05) is 19.7 Å². The Hall–Kier alpha value is 0.160. The fourth-order valence-electron chi connectivity index (χ4n) is 2.33. The molecule has 0 aromatic carbocycles. The second-order valence-corrected chi connectivity index (χ2v) is 6.24. The molecular formula is C13H19Br2NO2. The zero-order valence-corrected chi connectivity index (χ0v) is 13.7. The van der Waals surface area contributed by atoms with Gasteiger partial charge in [-0.05, 0) is 63.7 Å². The Morgan fingerprint density at radius 3 is 2.94 bits per heavy atom. The van der Waals surface area contributed by atoms with E-state index in [9.17, 15) is 0 Å². The van der Waals surface area contributed by atoms with E-state index in [1.807, 2.05) is 6.07 Å². The van der Waals surface area contributed by atoms with Gasteiger partial charge < -0.3 is 14.5 Å². The molecule has 2 unspecified atom stereocenters. The molecule has 1 aliphatic heterocycles. The Kier molecular flexibility index (Phi) is 5.73. The van der Waals surface area contributed by atoms with E-state index in [-0.39, 0.29) is 6.10 Å². The highest BCUT2D eigenvalue weighted by molar-refractivity contribution is 9.13. The number of ether oxygens (including phenoxy) is 1. The van der Waals surface area contributed by atoms with Crippen LogP contribution in [0.25, 0.3) is 0 Å². The zero-order chi connectivity index (χ0) is 13.0. The van der Waals surface area contributed by atoms with Crippen LogP contribution in [-0.4, -0.2) is 19.7 Å². The van der Waals surface area contributed by atoms with Crippen molar-refractivity contribution in [1.82, 2.24) is 5.32 Å². The number of furan rings is 1.